The van der Waals surface area contributed by atoms with Crippen LogP contribution in [0.1, 0.15) is 30.3 Å². The summed E-state index contributed by atoms with van der Waals surface area (Å²) in [5.41, 5.74) is 1.54. The van der Waals surface area contributed by atoms with Crippen molar-refractivity contribution in [1.82, 2.24) is 19.7 Å². The second-order valence-corrected chi connectivity index (χ2v) is 5.91. The summed E-state index contributed by atoms with van der Waals surface area (Å²) in [4.78, 5) is 20.5. The second kappa shape index (κ2) is 4.38. The van der Waals surface area contributed by atoms with Gasteiger partial charge in [-0.05, 0) is 44.6 Å². The summed E-state index contributed by atoms with van der Waals surface area (Å²) < 4.78 is 7.14. The second-order valence-electron chi connectivity index (χ2n) is 5.91. The van der Waals surface area contributed by atoms with E-state index in [2.05, 4.69) is 15.1 Å². The molecule has 2 aromatic heterocycles. The Labute approximate surface area is 121 Å². The van der Waals surface area contributed by atoms with Crippen LogP contribution >= 0.6 is 0 Å². The fourth-order valence-electron chi connectivity index (χ4n) is 3.21. The van der Waals surface area contributed by atoms with Crippen molar-refractivity contribution >= 4 is 0 Å². The summed E-state index contributed by atoms with van der Waals surface area (Å²) in [5.74, 6) is 1.73. The number of ether oxygens (including phenoxy) is 1. The summed E-state index contributed by atoms with van der Waals surface area (Å²) >= 11 is 0. The summed E-state index contributed by atoms with van der Waals surface area (Å²) in [6, 6.07) is 3.89. The summed E-state index contributed by atoms with van der Waals surface area (Å²) in [6.45, 7) is 3.75. The molecule has 0 radical (unpaired) electrons. The van der Waals surface area contributed by atoms with Crippen molar-refractivity contribution in [3.05, 3.63) is 40.1 Å². The maximum absolute atomic E-state index is 12.1. The average Bonchev–Trinajstić information content (AvgIpc) is 2.88. The van der Waals surface area contributed by atoms with E-state index in [1.54, 1.807) is 10.9 Å². The Bertz CT molecular complexity index is 740. The molecule has 2 aliphatic rings. The van der Waals surface area contributed by atoms with E-state index >= 15 is 0 Å². The Morgan fingerprint density at radius 3 is 2.38 bits per heavy atom. The van der Waals surface area contributed by atoms with E-state index in [0.717, 1.165) is 11.4 Å². The molecular formula is C15H16N4O2. The lowest BCUT2D eigenvalue weighted by atomic mass is 10.0. The van der Waals surface area contributed by atoms with Gasteiger partial charge >= 0.3 is 6.01 Å². The fraction of sp³-hybridized carbons (Fsp3) is 0.467. The molecule has 2 aromatic rings. The molecule has 0 saturated heterocycles. The van der Waals surface area contributed by atoms with Crippen LogP contribution in [-0.4, -0.2) is 19.7 Å². The standard InChI is InChI=1S/C15H16N4O2/c1-8-5-9(2)18-15(17-8)21-10-6-13(20)19(16-7-10)14-11-3-4-12(11)14/h5-7,11-12,14H,3-4H2,1-2H3. The highest BCUT2D eigenvalue weighted by atomic mass is 16.5. The molecule has 0 bridgehead atoms. The molecule has 2 atom stereocenters. The number of rotatable bonds is 3. The minimum atomic E-state index is -0.115. The summed E-state index contributed by atoms with van der Waals surface area (Å²) in [7, 11) is 0. The van der Waals surface area contributed by atoms with Gasteiger partial charge in [0.1, 0.15) is 0 Å². The topological polar surface area (TPSA) is 69.9 Å². The Hall–Kier alpha value is -2.24. The quantitative estimate of drug-likeness (QED) is 0.862. The zero-order valence-electron chi connectivity index (χ0n) is 12.0. The molecule has 2 saturated carbocycles. The maximum Gasteiger partial charge on any atom is 0.322 e. The lowest BCUT2D eigenvalue weighted by Crippen LogP contribution is -2.21. The van der Waals surface area contributed by atoms with Crippen molar-refractivity contribution in [2.45, 2.75) is 32.7 Å². The third kappa shape index (κ3) is 2.11. The number of hydrogen-bond acceptors (Lipinski definition) is 5. The smallest absolute Gasteiger partial charge is 0.322 e. The van der Waals surface area contributed by atoms with Gasteiger partial charge in [0.25, 0.3) is 5.56 Å². The molecular weight excluding hydrogens is 268 g/mol. The molecule has 0 N–H and O–H groups in total. The van der Waals surface area contributed by atoms with E-state index in [1.165, 1.54) is 18.9 Å². The van der Waals surface area contributed by atoms with E-state index in [-0.39, 0.29) is 11.6 Å². The van der Waals surface area contributed by atoms with Crippen molar-refractivity contribution < 1.29 is 4.74 Å². The highest BCUT2D eigenvalue weighted by Gasteiger charge is 2.58. The molecule has 6 heteroatoms. The van der Waals surface area contributed by atoms with Gasteiger partial charge in [-0.25, -0.2) is 14.6 Å². The molecule has 0 spiro atoms. The van der Waals surface area contributed by atoms with Crippen LogP contribution in [0.25, 0.3) is 0 Å². The fourth-order valence-corrected chi connectivity index (χ4v) is 3.21. The number of aromatic nitrogens is 4. The molecule has 2 aliphatic carbocycles. The molecule has 0 aliphatic heterocycles. The Morgan fingerprint density at radius 1 is 1.14 bits per heavy atom. The SMILES string of the molecule is Cc1cc(C)nc(Oc2cnn(C3C4CCC43)c(=O)c2)n1. The van der Waals surface area contributed by atoms with Crippen molar-refractivity contribution in [3.8, 4) is 11.8 Å². The molecule has 2 fully saturated rings. The van der Waals surface area contributed by atoms with Crippen molar-refractivity contribution in [3.63, 3.8) is 0 Å². The van der Waals surface area contributed by atoms with Gasteiger partial charge in [-0.2, -0.15) is 5.10 Å². The van der Waals surface area contributed by atoms with Gasteiger partial charge in [-0.15, -0.1) is 0 Å². The predicted octanol–water partition coefficient (Wildman–Crippen LogP) is 2.02. The van der Waals surface area contributed by atoms with Gasteiger partial charge in [0.2, 0.25) is 0 Å². The Kier molecular flexibility index (Phi) is 2.60. The first kappa shape index (κ1) is 12.5. The molecule has 2 unspecified atom stereocenters. The van der Waals surface area contributed by atoms with Crippen molar-refractivity contribution in [1.29, 1.82) is 0 Å². The van der Waals surface area contributed by atoms with Gasteiger partial charge < -0.3 is 4.74 Å². The van der Waals surface area contributed by atoms with Crippen LogP contribution in [0.15, 0.2) is 23.1 Å². The van der Waals surface area contributed by atoms with Gasteiger partial charge in [0, 0.05) is 17.5 Å². The normalized spacial score (nSPS) is 25.9. The average molecular weight is 284 g/mol. The van der Waals surface area contributed by atoms with Gasteiger partial charge in [0.15, 0.2) is 5.75 Å². The monoisotopic (exact) mass is 284 g/mol. The predicted molar refractivity (Wildman–Crippen MR) is 75.3 cm³/mol. The third-order valence-corrected chi connectivity index (χ3v) is 4.37. The Morgan fingerprint density at radius 2 is 1.81 bits per heavy atom. The largest absolute Gasteiger partial charge is 0.422 e. The highest BCUT2D eigenvalue weighted by Crippen LogP contribution is 2.63. The molecule has 21 heavy (non-hydrogen) atoms. The van der Waals surface area contributed by atoms with Crippen LogP contribution in [0.2, 0.25) is 0 Å². The van der Waals surface area contributed by atoms with E-state index in [1.807, 2.05) is 19.9 Å². The molecule has 0 amide bonds. The molecule has 0 aromatic carbocycles. The first-order chi connectivity index (χ1) is 10.1. The molecule has 6 nitrogen and oxygen atoms in total. The van der Waals surface area contributed by atoms with Crippen LogP contribution in [-0.2, 0) is 0 Å². The van der Waals surface area contributed by atoms with Gasteiger partial charge in [0.05, 0.1) is 12.2 Å². The summed E-state index contributed by atoms with van der Waals surface area (Å²) in [5, 5.41) is 4.25. The van der Waals surface area contributed by atoms with Crippen molar-refractivity contribution in [2.75, 3.05) is 0 Å². The third-order valence-electron chi connectivity index (χ3n) is 4.37. The first-order valence-electron chi connectivity index (χ1n) is 7.21. The maximum atomic E-state index is 12.1. The van der Waals surface area contributed by atoms with E-state index in [4.69, 9.17) is 4.74 Å². The van der Waals surface area contributed by atoms with Gasteiger partial charge in [-0.1, -0.05) is 0 Å². The lowest BCUT2D eigenvalue weighted by molar-refractivity contribution is 0.428. The minimum Gasteiger partial charge on any atom is -0.422 e. The molecule has 108 valence electrons. The summed E-state index contributed by atoms with van der Waals surface area (Å²) in [6.07, 6.45) is 4.01. The van der Waals surface area contributed by atoms with Crippen molar-refractivity contribution in [2.24, 2.45) is 11.8 Å². The van der Waals surface area contributed by atoms with Crippen LogP contribution in [0.4, 0.5) is 0 Å². The first-order valence-corrected chi connectivity index (χ1v) is 7.21. The molecule has 2 heterocycles. The molecule has 4 rings (SSSR count). The van der Waals surface area contributed by atoms with E-state index < -0.39 is 0 Å². The number of nitrogens with zero attached hydrogens (tertiary/aromatic N) is 4. The zero-order chi connectivity index (χ0) is 14.6. The van der Waals surface area contributed by atoms with E-state index in [9.17, 15) is 4.79 Å². The Balaban J connectivity index is 1.58. The zero-order valence-corrected chi connectivity index (χ0v) is 12.0. The van der Waals surface area contributed by atoms with Crippen LogP contribution in [0.5, 0.6) is 11.8 Å². The minimum absolute atomic E-state index is 0.115. The van der Waals surface area contributed by atoms with E-state index in [0.29, 0.717) is 23.6 Å². The number of fused-ring (bicyclic) bond motifs is 1. The van der Waals surface area contributed by atoms with Gasteiger partial charge in [-0.3, -0.25) is 4.79 Å². The number of aryl methyl sites for hydroxylation is 2. The van der Waals surface area contributed by atoms with Crippen LogP contribution in [0.3, 0.4) is 0 Å². The van der Waals surface area contributed by atoms with Crippen LogP contribution in [0, 0.1) is 25.7 Å². The highest BCUT2D eigenvalue weighted by molar-refractivity contribution is 5.21. The lowest BCUT2D eigenvalue weighted by Gasteiger charge is -2.06. The van der Waals surface area contributed by atoms with Crippen LogP contribution < -0.4 is 10.3 Å². The number of hydrogen-bond donors (Lipinski definition) is 0.